The minimum absolute atomic E-state index is 0. The summed E-state index contributed by atoms with van der Waals surface area (Å²) in [7, 11) is 0. The van der Waals surface area contributed by atoms with Crippen molar-refractivity contribution in [3.8, 4) is 22.5 Å². The van der Waals surface area contributed by atoms with Gasteiger partial charge in [0.05, 0.1) is 34.6 Å². The van der Waals surface area contributed by atoms with Crippen LogP contribution < -0.4 is 21.7 Å². The summed E-state index contributed by atoms with van der Waals surface area (Å²) >= 11 is 0. The first kappa shape index (κ1) is 35.0. The standard InChI is InChI=1S/C19H19N5O.C15H11FN4O.C4H9N.ClH/c1-19(6-7-19)24-16-10-21-14-4-2-3-11(17(14)23-16)15-9-12-13(22-15)5-8-20-18(12)25;16-13-7-18-11-3-1-2-8(14(11)20-13)12-6-9-10(19-12)4-5-17-15(9)21;1-4(5)2-3-4;/h2-4,9-10,22H,5-8H2,1H3,(H,20,25)(H,23,24);1-3,6-7,19H,4-5H2,(H,17,21);2-3,5H2,1H3;1H. The molecule has 2 fully saturated rings. The zero-order valence-corrected chi connectivity index (χ0v) is 29.7. The SMILES string of the molecule is CC1(N)CC1.CC1(Nc2cnc3cccc(-c4cc5c([nH]4)CCNC5=O)c3n2)CC1.Cl.O=C1NCCc2[nH]c(-c3cccc4ncc(F)nc34)cc21. The van der Waals surface area contributed by atoms with Gasteiger partial charge in [0.15, 0.2) is 0 Å². The highest BCUT2D eigenvalue weighted by Crippen LogP contribution is 2.38. The van der Waals surface area contributed by atoms with Gasteiger partial charge < -0.3 is 31.7 Å². The number of H-pyrrole nitrogens is 2. The van der Waals surface area contributed by atoms with E-state index in [1.54, 1.807) is 18.3 Å². The van der Waals surface area contributed by atoms with E-state index in [2.05, 4.69) is 54.7 Å². The average Bonchev–Trinajstić information content (AvgIpc) is 3.87. The molecule has 2 aliphatic carbocycles. The lowest BCUT2D eigenvalue weighted by Gasteiger charge is -2.13. The molecule has 6 aromatic rings. The minimum Gasteiger partial charge on any atom is -0.364 e. The Kier molecular flexibility index (Phi) is 9.17. The first-order chi connectivity index (χ1) is 24.5. The lowest BCUT2D eigenvalue weighted by Crippen LogP contribution is -2.31. The fourth-order valence-electron chi connectivity index (χ4n) is 6.24. The number of nitrogens with two attached hydrogens (primary N) is 1. The lowest BCUT2D eigenvalue weighted by molar-refractivity contribution is 0.0937. The Labute approximate surface area is 305 Å². The van der Waals surface area contributed by atoms with Gasteiger partial charge in [0.1, 0.15) is 16.9 Å². The zero-order valence-electron chi connectivity index (χ0n) is 28.9. The number of benzene rings is 2. The van der Waals surface area contributed by atoms with E-state index in [9.17, 15) is 14.0 Å². The monoisotopic (exact) mass is 722 g/mol. The molecule has 0 radical (unpaired) electrons. The number of aromatic nitrogens is 6. The van der Waals surface area contributed by atoms with Gasteiger partial charge >= 0.3 is 0 Å². The summed E-state index contributed by atoms with van der Waals surface area (Å²) in [6.07, 6.45) is 9.25. The fourth-order valence-corrected chi connectivity index (χ4v) is 6.24. The number of para-hydroxylation sites is 2. The maximum atomic E-state index is 13.4. The average molecular weight is 723 g/mol. The van der Waals surface area contributed by atoms with Crippen molar-refractivity contribution in [1.29, 1.82) is 0 Å². The smallest absolute Gasteiger partial charge is 0.253 e. The van der Waals surface area contributed by atoms with E-state index in [4.69, 9.17) is 10.7 Å². The number of carbonyl (C=O) groups is 2. The molecule has 268 valence electrons. The predicted octanol–water partition coefficient (Wildman–Crippen LogP) is 5.84. The number of nitrogens with zero attached hydrogens (tertiary/aromatic N) is 4. The van der Waals surface area contributed by atoms with Crippen LogP contribution in [0.5, 0.6) is 0 Å². The molecule has 0 saturated heterocycles. The summed E-state index contributed by atoms with van der Waals surface area (Å²) in [5.74, 6) is 0.0772. The van der Waals surface area contributed by atoms with Crippen molar-refractivity contribution in [3.05, 3.63) is 89.4 Å². The molecule has 14 heteroatoms. The molecule has 6 heterocycles. The molecule has 12 nitrogen and oxygen atoms in total. The number of fused-ring (bicyclic) bond motifs is 4. The van der Waals surface area contributed by atoms with Crippen molar-refractivity contribution in [3.63, 3.8) is 0 Å². The van der Waals surface area contributed by atoms with E-state index < -0.39 is 5.95 Å². The number of amides is 2. The summed E-state index contributed by atoms with van der Waals surface area (Å²) in [6.45, 7) is 5.57. The molecule has 2 aromatic carbocycles. The molecule has 2 saturated carbocycles. The maximum Gasteiger partial charge on any atom is 0.253 e. The highest BCUT2D eigenvalue weighted by molar-refractivity contribution is 6.00. The second kappa shape index (κ2) is 13.6. The summed E-state index contributed by atoms with van der Waals surface area (Å²) in [5.41, 5.74) is 15.3. The molecular weight excluding hydrogens is 683 g/mol. The first-order valence-electron chi connectivity index (χ1n) is 17.3. The van der Waals surface area contributed by atoms with Gasteiger partial charge in [0, 0.05) is 70.9 Å². The molecule has 2 amide bonds. The topological polar surface area (TPSA) is 179 Å². The van der Waals surface area contributed by atoms with Crippen LogP contribution in [0.3, 0.4) is 0 Å². The Morgan fingerprint density at radius 3 is 1.71 bits per heavy atom. The van der Waals surface area contributed by atoms with Crippen LogP contribution in [0.4, 0.5) is 10.2 Å². The Hall–Kier alpha value is -5.40. The Bertz CT molecular complexity index is 2320. The maximum absolute atomic E-state index is 13.4. The molecule has 0 spiro atoms. The molecule has 4 aliphatic rings. The van der Waals surface area contributed by atoms with Crippen molar-refractivity contribution >= 4 is 52.1 Å². The Morgan fingerprint density at radius 2 is 1.23 bits per heavy atom. The van der Waals surface area contributed by atoms with E-state index in [0.717, 1.165) is 88.2 Å². The number of anilines is 1. The van der Waals surface area contributed by atoms with Gasteiger partial charge in [-0.1, -0.05) is 24.3 Å². The molecule has 0 bridgehead atoms. The van der Waals surface area contributed by atoms with Gasteiger partial charge in [-0.25, -0.2) is 15.0 Å². The van der Waals surface area contributed by atoms with Gasteiger partial charge in [0.25, 0.3) is 11.8 Å². The van der Waals surface area contributed by atoms with Crippen molar-refractivity contribution in [2.45, 2.75) is 63.5 Å². The van der Waals surface area contributed by atoms with Crippen LogP contribution in [0, 0.1) is 5.95 Å². The first-order valence-corrected chi connectivity index (χ1v) is 17.3. The number of aromatic amines is 2. The van der Waals surface area contributed by atoms with Crippen molar-refractivity contribution in [2.75, 3.05) is 18.4 Å². The number of nitrogens with one attached hydrogen (secondary N) is 5. The second-order valence-electron chi connectivity index (χ2n) is 14.3. The zero-order chi connectivity index (χ0) is 35.3. The number of rotatable bonds is 4. The van der Waals surface area contributed by atoms with Crippen molar-refractivity contribution in [1.82, 2.24) is 40.5 Å². The molecule has 7 N–H and O–H groups in total. The minimum atomic E-state index is -0.621. The molecule has 4 aromatic heterocycles. The van der Waals surface area contributed by atoms with E-state index in [0.29, 0.717) is 29.7 Å². The third-order valence-corrected chi connectivity index (χ3v) is 9.77. The number of carbonyl (C=O) groups excluding carboxylic acids is 2. The molecule has 52 heavy (non-hydrogen) atoms. The van der Waals surface area contributed by atoms with Crippen LogP contribution in [0.25, 0.3) is 44.6 Å². The molecular formula is C38H40ClFN10O2. The Balaban J connectivity index is 0.000000142. The number of halogens is 2. The second-order valence-corrected chi connectivity index (χ2v) is 14.3. The predicted molar refractivity (Wildman–Crippen MR) is 201 cm³/mol. The van der Waals surface area contributed by atoms with Gasteiger partial charge in [0.2, 0.25) is 5.95 Å². The fraction of sp³-hybridized carbons (Fsp3) is 0.316. The van der Waals surface area contributed by atoms with Crippen LogP contribution in [-0.2, 0) is 12.8 Å². The van der Waals surface area contributed by atoms with Gasteiger partial charge in [-0.15, -0.1) is 12.4 Å². The molecule has 0 atom stereocenters. The van der Waals surface area contributed by atoms with Crippen molar-refractivity contribution < 1.29 is 14.0 Å². The van der Waals surface area contributed by atoms with E-state index in [1.165, 1.54) is 12.8 Å². The summed E-state index contributed by atoms with van der Waals surface area (Å²) < 4.78 is 13.4. The molecule has 10 rings (SSSR count). The van der Waals surface area contributed by atoms with Crippen LogP contribution in [0.15, 0.2) is 60.9 Å². The molecule has 0 unspecified atom stereocenters. The number of hydrogen-bond donors (Lipinski definition) is 6. The van der Waals surface area contributed by atoms with E-state index in [1.807, 2.05) is 36.4 Å². The van der Waals surface area contributed by atoms with Crippen LogP contribution in [-0.4, -0.2) is 65.9 Å². The summed E-state index contributed by atoms with van der Waals surface area (Å²) in [6, 6.07) is 15.1. The van der Waals surface area contributed by atoms with E-state index >= 15 is 0 Å². The highest BCUT2D eigenvalue weighted by Gasteiger charge is 2.37. The lowest BCUT2D eigenvalue weighted by atomic mass is 10.1. The van der Waals surface area contributed by atoms with Crippen LogP contribution in [0.2, 0.25) is 0 Å². The van der Waals surface area contributed by atoms with Crippen LogP contribution >= 0.6 is 12.4 Å². The molecule has 2 aliphatic heterocycles. The third kappa shape index (κ3) is 7.32. The highest BCUT2D eigenvalue weighted by atomic mass is 35.5. The Morgan fingerprint density at radius 1 is 0.731 bits per heavy atom. The van der Waals surface area contributed by atoms with Crippen molar-refractivity contribution in [2.24, 2.45) is 5.73 Å². The van der Waals surface area contributed by atoms with Gasteiger partial charge in [-0.3, -0.25) is 14.6 Å². The van der Waals surface area contributed by atoms with Gasteiger partial charge in [-0.2, -0.15) is 4.39 Å². The largest absolute Gasteiger partial charge is 0.364 e. The van der Waals surface area contributed by atoms with Crippen LogP contribution in [0.1, 0.15) is 71.6 Å². The number of hydrogen-bond acceptors (Lipinski definition) is 8. The quantitative estimate of drug-likeness (QED) is 0.131. The summed E-state index contributed by atoms with van der Waals surface area (Å²) in [5, 5.41) is 9.16. The normalized spacial score (nSPS) is 17.2. The van der Waals surface area contributed by atoms with E-state index in [-0.39, 0.29) is 35.3 Å². The third-order valence-electron chi connectivity index (χ3n) is 9.77. The van der Waals surface area contributed by atoms with Gasteiger partial charge in [-0.05, 0) is 63.8 Å². The summed E-state index contributed by atoms with van der Waals surface area (Å²) in [4.78, 5) is 47.8.